The first-order valence-corrected chi connectivity index (χ1v) is 14.0. The Balaban J connectivity index is 1.33. The van der Waals surface area contributed by atoms with E-state index < -0.39 is 27.4 Å². The third-order valence-electron chi connectivity index (χ3n) is 7.03. The molecule has 2 fully saturated rings. The van der Waals surface area contributed by atoms with Crippen LogP contribution in [0.2, 0.25) is 0 Å². The van der Waals surface area contributed by atoms with Crippen molar-refractivity contribution in [2.45, 2.75) is 26.3 Å². The number of nitrogens with one attached hydrogen (secondary N) is 1. The number of hydrogen-bond donors (Lipinski definition) is 2. The first-order chi connectivity index (χ1) is 18.5. The monoisotopic (exact) mass is 560 g/mol. The molecule has 0 spiro atoms. The first-order valence-electron chi connectivity index (χ1n) is 12.6. The minimum Gasteiger partial charge on any atom is -0.486 e. The van der Waals surface area contributed by atoms with E-state index in [2.05, 4.69) is 16.7 Å². The SMILES string of the molecule is CC1(COc2c(N3CCN(S(=O)(=O)NCc4ccc(N)cc4)CC3)cnn(-c3cc(F)cc(F)c3)c2=O)CC1. The van der Waals surface area contributed by atoms with Gasteiger partial charge in [-0.05, 0) is 42.7 Å². The maximum absolute atomic E-state index is 13.8. The van der Waals surface area contributed by atoms with Gasteiger partial charge in [0.05, 0.1) is 18.5 Å². The Morgan fingerprint density at radius 3 is 2.31 bits per heavy atom. The number of anilines is 2. The molecule has 2 aromatic carbocycles. The van der Waals surface area contributed by atoms with Gasteiger partial charge in [-0.3, -0.25) is 4.79 Å². The molecule has 1 saturated heterocycles. The van der Waals surface area contributed by atoms with Crippen molar-refractivity contribution >= 4 is 21.6 Å². The van der Waals surface area contributed by atoms with Crippen LogP contribution in [0.25, 0.3) is 5.69 Å². The summed E-state index contributed by atoms with van der Waals surface area (Å²) in [7, 11) is -3.75. The second-order valence-electron chi connectivity index (χ2n) is 10.3. The molecular weight excluding hydrogens is 530 g/mol. The van der Waals surface area contributed by atoms with E-state index in [0.717, 1.165) is 35.2 Å². The highest BCUT2D eigenvalue weighted by Crippen LogP contribution is 2.45. The number of ether oxygens (including phenoxy) is 1. The van der Waals surface area contributed by atoms with Crippen LogP contribution in [-0.2, 0) is 16.8 Å². The van der Waals surface area contributed by atoms with E-state index in [0.29, 0.717) is 24.0 Å². The van der Waals surface area contributed by atoms with E-state index >= 15 is 0 Å². The fraction of sp³-hybridized carbons (Fsp3) is 0.385. The van der Waals surface area contributed by atoms with Gasteiger partial charge < -0.3 is 15.4 Å². The normalized spacial score (nSPS) is 17.3. The second kappa shape index (κ2) is 10.5. The molecule has 0 radical (unpaired) electrons. The molecule has 208 valence electrons. The lowest BCUT2D eigenvalue weighted by Gasteiger charge is -2.35. The van der Waals surface area contributed by atoms with E-state index in [9.17, 15) is 22.0 Å². The van der Waals surface area contributed by atoms with Crippen molar-refractivity contribution in [1.29, 1.82) is 0 Å². The highest BCUT2D eigenvalue weighted by Gasteiger charge is 2.39. The summed E-state index contributed by atoms with van der Waals surface area (Å²) in [6, 6.07) is 9.68. The third-order valence-corrected chi connectivity index (χ3v) is 8.59. The summed E-state index contributed by atoms with van der Waals surface area (Å²) < 4.78 is 64.3. The van der Waals surface area contributed by atoms with Gasteiger partial charge in [0.1, 0.15) is 17.3 Å². The molecular formula is C26H30F2N6O4S. The van der Waals surface area contributed by atoms with Crippen molar-refractivity contribution in [2.24, 2.45) is 5.41 Å². The van der Waals surface area contributed by atoms with Gasteiger partial charge in [-0.25, -0.2) is 8.78 Å². The fourth-order valence-corrected chi connectivity index (χ4v) is 5.49. The van der Waals surface area contributed by atoms with Crippen LogP contribution in [0.5, 0.6) is 5.75 Å². The molecule has 0 bridgehead atoms. The van der Waals surface area contributed by atoms with E-state index in [1.807, 2.05) is 4.90 Å². The summed E-state index contributed by atoms with van der Waals surface area (Å²) in [5.74, 6) is -1.66. The number of rotatable bonds is 9. The van der Waals surface area contributed by atoms with Gasteiger partial charge in [0.15, 0.2) is 0 Å². The van der Waals surface area contributed by atoms with Crippen LogP contribution in [0.3, 0.4) is 0 Å². The Bertz CT molecular complexity index is 1500. The third kappa shape index (κ3) is 6.21. The summed E-state index contributed by atoms with van der Waals surface area (Å²) in [6.45, 7) is 3.41. The Labute approximate surface area is 225 Å². The second-order valence-corrected chi connectivity index (χ2v) is 12.0. The van der Waals surface area contributed by atoms with Gasteiger partial charge >= 0.3 is 5.56 Å². The molecule has 0 unspecified atom stereocenters. The maximum atomic E-state index is 13.8. The first kappa shape index (κ1) is 27.0. The highest BCUT2D eigenvalue weighted by atomic mass is 32.2. The Kier molecular flexibility index (Phi) is 7.31. The van der Waals surface area contributed by atoms with Crippen LogP contribution < -0.4 is 25.7 Å². The zero-order valence-electron chi connectivity index (χ0n) is 21.4. The van der Waals surface area contributed by atoms with Gasteiger partial charge in [0.2, 0.25) is 5.75 Å². The zero-order chi connectivity index (χ0) is 27.8. The van der Waals surface area contributed by atoms with E-state index in [-0.39, 0.29) is 49.6 Å². The van der Waals surface area contributed by atoms with Crippen molar-refractivity contribution in [2.75, 3.05) is 43.4 Å². The number of halogens is 2. The Morgan fingerprint density at radius 2 is 1.69 bits per heavy atom. The minimum absolute atomic E-state index is 0.0144. The number of nitrogens with zero attached hydrogens (tertiary/aromatic N) is 4. The predicted molar refractivity (Wildman–Crippen MR) is 143 cm³/mol. The van der Waals surface area contributed by atoms with Crippen molar-refractivity contribution in [3.8, 4) is 11.4 Å². The Hall–Kier alpha value is -3.55. The molecule has 1 saturated carbocycles. The zero-order valence-corrected chi connectivity index (χ0v) is 22.3. The van der Waals surface area contributed by atoms with Crippen LogP contribution in [-0.4, -0.2) is 55.3 Å². The van der Waals surface area contributed by atoms with Gasteiger partial charge in [0, 0.05) is 49.9 Å². The Morgan fingerprint density at radius 1 is 1.05 bits per heavy atom. The van der Waals surface area contributed by atoms with E-state index in [4.69, 9.17) is 10.5 Å². The number of nitrogens with two attached hydrogens (primary N) is 1. The van der Waals surface area contributed by atoms with Crippen LogP contribution in [0.15, 0.2) is 53.5 Å². The molecule has 39 heavy (non-hydrogen) atoms. The number of hydrogen-bond acceptors (Lipinski definition) is 7. The summed E-state index contributed by atoms with van der Waals surface area (Å²) in [5, 5.41) is 4.16. The van der Waals surface area contributed by atoms with Crippen LogP contribution in [0.1, 0.15) is 25.3 Å². The summed E-state index contributed by atoms with van der Waals surface area (Å²) in [6.07, 6.45) is 3.35. The molecule has 13 heteroatoms. The molecule has 3 N–H and O–H groups in total. The quantitative estimate of drug-likeness (QED) is 0.386. The fourth-order valence-electron chi connectivity index (χ4n) is 4.31. The van der Waals surface area contributed by atoms with Gasteiger partial charge in [-0.2, -0.15) is 27.2 Å². The summed E-state index contributed by atoms with van der Waals surface area (Å²) in [4.78, 5) is 15.3. The number of benzene rings is 2. The molecule has 5 rings (SSSR count). The molecule has 3 aromatic rings. The smallest absolute Gasteiger partial charge is 0.316 e. The average molecular weight is 561 g/mol. The van der Waals surface area contributed by atoms with Gasteiger partial charge in [-0.15, -0.1) is 0 Å². The molecule has 1 aromatic heterocycles. The minimum atomic E-state index is -3.75. The van der Waals surface area contributed by atoms with Crippen molar-refractivity contribution in [1.82, 2.24) is 18.8 Å². The predicted octanol–water partition coefficient (Wildman–Crippen LogP) is 2.43. The van der Waals surface area contributed by atoms with Gasteiger partial charge in [0.25, 0.3) is 10.2 Å². The molecule has 2 heterocycles. The van der Waals surface area contributed by atoms with Crippen LogP contribution >= 0.6 is 0 Å². The van der Waals surface area contributed by atoms with E-state index in [1.165, 1.54) is 10.5 Å². The lowest BCUT2D eigenvalue weighted by atomic mass is 10.2. The largest absolute Gasteiger partial charge is 0.486 e. The van der Waals surface area contributed by atoms with Crippen LogP contribution in [0, 0.1) is 17.0 Å². The molecule has 0 amide bonds. The standard InChI is InChI=1S/C26H30F2N6O4S/c1-26(6-7-26)17-38-24-23(16-30-34(25(24)35)22-13-19(27)12-20(28)14-22)32-8-10-33(11-9-32)39(36,37)31-15-18-2-4-21(29)5-3-18/h2-5,12-14,16,31H,6-11,15,17,29H2,1H3. The lowest BCUT2D eigenvalue weighted by Crippen LogP contribution is -2.52. The van der Waals surface area contributed by atoms with Crippen molar-refractivity contribution in [3.63, 3.8) is 0 Å². The highest BCUT2D eigenvalue weighted by molar-refractivity contribution is 7.87. The topological polar surface area (TPSA) is 123 Å². The molecule has 1 aliphatic carbocycles. The molecule has 2 aliphatic rings. The summed E-state index contributed by atoms with van der Waals surface area (Å²) >= 11 is 0. The number of piperazine rings is 1. The van der Waals surface area contributed by atoms with Crippen molar-refractivity contribution in [3.05, 3.63) is 76.2 Å². The molecule has 1 aliphatic heterocycles. The van der Waals surface area contributed by atoms with Crippen molar-refractivity contribution < 1.29 is 21.9 Å². The molecule has 0 atom stereocenters. The summed E-state index contributed by atoms with van der Waals surface area (Å²) in [5.41, 5.74) is 6.72. The molecule has 10 nitrogen and oxygen atoms in total. The van der Waals surface area contributed by atoms with Gasteiger partial charge in [-0.1, -0.05) is 19.1 Å². The maximum Gasteiger partial charge on any atom is 0.316 e. The lowest BCUT2D eigenvalue weighted by molar-refractivity contribution is 0.242. The van der Waals surface area contributed by atoms with E-state index in [1.54, 1.807) is 24.3 Å². The average Bonchev–Trinajstić information content (AvgIpc) is 3.64. The van der Waals surface area contributed by atoms with Crippen LogP contribution in [0.4, 0.5) is 20.2 Å². The number of aromatic nitrogens is 2. The number of nitrogen functional groups attached to an aromatic ring is 1.